The van der Waals surface area contributed by atoms with E-state index in [4.69, 9.17) is 11.6 Å². The lowest BCUT2D eigenvalue weighted by atomic mass is 9.74. The van der Waals surface area contributed by atoms with Crippen LogP contribution in [0.15, 0.2) is 36.7 Å². The number of fused-ring (bicyclic) bond motifs is 1. The van der Waals surface area contributed by atoms with Gasteiger partial charge in [0.2, 0.25) is 0 Å². The summed E-state index contributed by atoms with van der Waals surface area (Å²) in [5.74, 6) is 0.00360. The monoisotopic (exact) mass is 368 g/mol. The van der Waals surface area contributed by atoms with E-state index in [1.54, 1.807) is 12.3 Å². The molecular weight excluding hydrogens is 348 g/mol. The summed E-state index contributed by atoms with van der Waals surface area (Å²) in [6.45, 7) is 8.42. The average molecular weight is 369 g/mol. The lowest BCUT2D eigenvalue weighted by Gasteiger charge is -2.57. The minimum Gasteiger partial charge on any atom is -0.369 e. The van der Waals surface area contributed by atoms with Gasteiger partial charge in [0, 0.05) is 42.2 Å². The van der Waals surface area contributed by atoms with Crippen molar-refractivity contribution in [2.24, 2.45) is 5.41 Å². The number of carbonyl (C=O) groups excluding carboxylic acids is 1. The molecule has 4 heterocycles. The van der Waals surface area contributed by atoms with Crippen molar-refractivity contribution < 1.29 is 4.79 Å². The molecule has 1 N–H and O–H groups in total. The largest absolute Gasteiger partial charge is 0.369 e. The Morgan fingerprint density at radius 3 is 2.54 bits per heavy atom. The highest BCUT2D eigenvalue weighted by atomic mass is 35.5. The van der Waals surface area contributed by atoms with E-state index < -0.39 is 5.54 Å². The Kier molecular flexibility index (Phi) is 3.22. The first kappa shape index (κ1) is 16.1. The fourth-order valence-corrected chi connectivity index (χ4v) is 4.68. The van der Waals surface area contributed by atoms with Crippen LogP contribution in [0.25, 0.3) is 0 Å². The Labute approximate surface area is 158 Å². The highest BCUT2D eigenvalue weighted by Crippen LogP contribution is 2.44. The number of aromatic nitrogens is 1. The van der Waals surface area contributed by atoms with Crippen molar-refractivity contribution in [3.8, 4) is 0 Å². The Balaban J connectivity index is 1.49. The molecule has 1 aromatic heterocycles. The molecule has 2 aromatic rings. The average Bonchev–Trinajstić information content (AvgIpc) is 2.71. The van der Waals surface area contributed by atoms with Gasteiger partial charge >= 0.3 is 0 Å². The maximum absolute atomic E-state index is 13.1. The first-order valence-corrected chi connectivity index (χ1v) is 9.33. The minimum atomic E-state index is -0.467. The molecule has 2 fully saturated rings. The second kappa shape index (κ2) is 5.21. The molecule has 0 radical (unpaired) electrons. The van der Waals surface area contributed by atoms with E-state index in [-0.39, 0.29) is 5.91 Å². The first-order chi connectivity index (χ1) is 12.4. The number of carbonyl (C=O) groups is 1. The quantitative estimate of drug-likeness (QED) is 0.885. The van der Waals surface area contributed by atoms with Crippen LogP contribution in [0, 0.1) is 5.41 Å². The molecule has 6 heteroatoms. The molecular formula is C20H21ClN4O. The van der Waals surface area contributed by atoms with Crippen LogP contribution in [0.3, 0.4) is 0 Å². The summed E-state index contributed by atoms with van der Waals surface area (Å²) < 4.78 is 0. The highest BCUT2D eigenvalue weighted by molar-refractivity contribution is 6.31. The Morgan fingerprint density at radius 1 is 1.12 bits per heavy atom. The van der Waals surface area contributed by atoms with Crippen molar-refractivity contribution in [3.05, 3.63) is 52.8 Å². The lowest BCUT2D eigenvalue weighted by Crippen LogP contribution is -2.71. The molecule has 26 heavy (non-hydrogen) atoms. The number of halogens is 1. The van der Waals surface area contributed by atoms with Crippen LogP contribution in [0.2, 0.25) is 5.02 Å². The summed E-state index contributed by atoms with van der Waals surface area (Å²) in [7, 11) is 0. The summed E-state index contributed by atoms with van der Waals surface area (Å²) in [6, 6.07) is 7.58. The number of benzene rings is 1. The molecule has 0 bridgehead atoms. The van der Waals surface area contributed by atoms with E-state index in [0.717, 1.165) is 43.1 Å². The smallest absolute Gasteiger partial charge is 0.259 e. The SMILES string of the molecule is CC1(C)c2cc(Cl)ccc2C(=O)N1c1cncc(N2CC3(CNC3)C2)c1. The van der Waals surface area contributed by atoms with E-state index in [2.05, 4.69) is 35.1 Å². The zero-order chi connectivity index (χ0) is 18.1. The standard InChI is InChI=1S/C20H21ClN4O/c1-19(2)17-5-13(21)3-4-16(17)18(26)25(19)15-6-14(7-22-8-15)24-11-20(12-24)9-23-10-20/h3-8,23H,9-12H2,1-2H3. The maximum Gasteiger partial charge on any atom is 0.259 e. The minimum absolute atomic E-state index is 0.00360. The van der Waals surface area contributed by atoms with Crippen LogP contribution < -0.4 is 15.1 Å². The summed E-state index contributed by atoms with van der Waals surface area (Å²) in [5.41, 5.74) is 3.57. The predicted molar refractivity (Wildman–Crippen MR) is 103 cm³/mol. The van der Waals surface area contributed by atoms with Crippen molar-refractivity contribution in [1.82, 2.24) is 10.3 Å². The Morgan fingerprint density at radius 2 is 1.85 bits per heavy atom. The topological polar surface area (TPSA) is 48.5 Å². The normalized spacial score (nSPS) is 22.2. The number of pyridine rings is 1. The molecule has 3 aliphatic rings. The van der Waals surface area contributed by atoms with Gasteiger partial charge in [0.25, 0.3) is 5.91 Å². The van der Waals surface area contributed by atoms with Crippen LogP contribution in [0.1, 0.15) is 29.8 Å². The number of hydrogen-bond acceptors (Lipinski definition) is 4. The molecule has 1 aromatic carbocycles. The molecule has 1 spiro atoms. The summed E-state index contributed by atoms with van der Waals surface area (Å²) in [5, 5.41) is 4.01. The van der Waals surface area contributed by atoms with Crippen LogP contribution >= 0.6 is 11.6 Å². The number of amides is 1. The molecule has 0 aliphatic carbocycles. The van der Waals surface area contributed by atoms with Crippen molar-refractivity contribution in [1.29, 1.82) is 0 Å². The third-order valence-electron chi connectivity index (χ3n) is 6.02. The highest BCUT2D eigenvalue weighted by Gasteiger charge is 2.48. The van der Waals surface area contributed by atoms with Gasteiger partial charge in [-0.25, -0.2) is 0 Å². The van der Waals surface area contributed by atoms with E-state index in [0.29, 0.717) is 16.0 Å². The van der Waals surface area contributed by atoms with Crippen molar-refractivity contribution >= 4 is 28.9 Å². The van der Waals surface area contributed by atoms with Crippen molar-refractivity contribution in [2.75, 3.05) is 36.0 Å². The fraction of sp³-hybridized carbons (Fsp3) is 0.400. The summed E-state index contributed by atoms with van der Waals surface area (Å²) in [4.78, 5) is 21.7. The second-order valence-corrected chi connectivity index (χ2v) is 8.69. The van der Waals surface area contributed by atoms with Gasteiger partial charge in [0.1, 0.15) is 0 Å². The van der Waals surface area contributed by atoms with Crippen LogP contribution in [0.4, 0.5) is 11.4 Å². The van der Waals surface area contributed by atoms with E-state index >= 15 is 0 Å². The van der Waals surface area contributed by atoms with Gasteiger partial charge in [0.05, 0.1) is 29.3 Å². The number of nitrogens with one attached hydrogen (secondary N) is 1. The van der Waals surface area contributed by atoms with Gasteiger partial charge in [-0.3, -0.25) is 14.7 Å². The van der Waals surface area contributed by atoms with Gasteiger partial charge in [-0.05, 0) is 43.7 Å². The van der Waals surface area contributed by atoms with Gasteiger partial charge in [-0.15, -0.1) is 0 Å². The molecule has 5 nitrogen and oxygen atoms in total. The zero-order valence-corrected chi connectivity index (χ0v) is 15.7. The third-order valence-corrected chi connectivity index (χ3v) is 6.25. The van der Waals surface area contributed by atoms with Gasteiger partial charge in [-0.1, -0.05) is 11.6 Å². The van der Waals surface area contributed by atoms with E-state index in [1.165, 1.54) is 0 Å². The van der Waals surface area contributed by atoms with E-state index in [1.807, 2.05) is 23.2 Å². The van der Waals surface area contributed by atoms with Crippen LogP contribution in [-0.2, 0) is 5.54 Å². The molecule has 3 aliphatic heterocycles. The molecule has 134 valence electrons. The number of rotatable bonds is 2. The summed E-state index contributed by atoms with van der Waals surface area (Å²) >= 11 is 6.18. The second-order valence-electron chi connectivity index (χ2n) is 8.25. The van der Waals surface area contributed by atoms with Gasteiger partial charge < -0.3 is 10.2 Å². The molecule has 5 rings (SSSR count). The molecule has 0 unspecified atom stereocenters. The zero-order valence-electron chi connectivity index (χ0n) is 14.9. The number of hydrogen-bond donors (Lipinski definition) is 1. The Bertz CT molecular complexity index is 914. The summed E-state index contributed by atoms with van der Waals surface area (Å²) in [6.07, 6.45) is 3.66. The fourth-order valence-electron chi connectivity index (χ4n) is 4.50. The molecule has 0 atom stereocenters. The van der Waals surface area contributed by atoms with Gasteiger partial charge in [0.15, 0.2) is 0 Å². The van der Waals surface area contributed by atoms with Crippen LogP contribution in [-0.4, -0.2) is 37.1 Å². The van der Waals surface area contributed by atoms with Crippen molar-refractivity contribution in [3.63, 3.8) is 0 Å². The van der Waals surface area contributed by atoms with Gasteiger partial charge in [-0.2, -0.15) is 0 Å². The molecule has 1 amide bonds. The van der Waals surface area contributed by atoms with Crippen LogP contribution in [0.5, 0.6) is 0 Å². The third kappa shape index (κ3) is 2.14. The molecule has 0 saturated carbocycles. The maximum atomic E-state index is 13.1. The molecule has 2 saturated heterocycles. The first-order valence-electron chi connectivity index (χ1n) is 8.95. The number of nitrogens with zero attached hydrogens (tertiary/aromatic N) is 3. The van der Waals surface area contributed by atoms with Crippen molar-refractivity contribution in [2.45, 2.75) is 19.4 Å². The Hall–Kier alpha value is -2.11. The predicted octanol–water partition coefficient (Wildman–Crippen LogP) is 3.04. The lowest BCUT2D eigenvalue weighted by molar-refractivity contribution is 0.0982. The number of anilines is 2. The van der Waals surface area contributed by atoms with E-state index in [9.17, 15) is 4.79 Å².